The van der Waals surface area contributed by atoms with E-state index >= 15 is 0 Å². The summed E-state index contributed by atoms with van der Waals surface area (Å²) in [5.74, 6) is 4.34. The summed E-state index contributed by atoms with van der Waals surface area (Å²) in [7, 11) is 0. The molecule has 1 heteroatoms. The molecule has 0 heterocycles. The quantitative estimate of drug-likeness (QED) is 0.834. The van der Waals surface area contributed by atoms with E-state index in [1.807, 2.05) is 0 Å². The summed E-state index contributed by atoms with van der Waals surface area (Å²) in [4.78, 5) is 0. The molecule has 3 fully saturated rings. The van der Waals surface area contributed by atoms with Gasteiger partial charge in [-0.3, -0.25) is 0 Å². The van der Waals surface area contributed by atoms with Crippen LogP contribution in [0.4, 0.5) is 0 Å². The molecular weight excluding hydrogens is 206 g/mol. The first-order valence-electron chi connectivity index (χ1n) is 7.21. The van der Waals surface area contributed by atoms with Crippen molar-refractivity contribution in [3.8, 4) is 0 Å². The van der Waals surface area contributed by atoms with Gasteiger partial charge in [-0.2, -0.15) is 0 Å². The van der Waals surface area contributed by atoms with Crippen LogP contribution < -0.4 is 5.32 Å². The van der Waals surface area contributed by atoms with Crippen LogP contribution in [0.2, 0.25) is 0 Å². The van der Waals surface area contributed by atoms with Gasteiger partial charge in [-0.05, 0) is 61.5 Å². The first-order valence-corrected chi connectivity index (χ1v) is 7.21. The standard InChI is InChI=1S/C16H21N/c1-2-4-11(5-3-1)8-9-17-16-14-12-6-7-13(10-12)15(14)16/h1-5,12-17H,6-10H2. The van der Waals surface area contributed by atoms with Gasteiger partial charge in [0, 0.05) is 6.04 Å². The average Bonchev–Trinajstić information content (AvgIpc) is 2.78. The maximum absolute atomic E-state index is 3.81. The summed E-state index contributed by atoms with van der Waals surface area (Å²) in [6.45, 7) is 1.17. The molecule has 1 nitrogen and oxygen atoms in total. The molecule has 0 saturated heterocycles. The van der Waals surface area contributed by atoms with E-state index < -0.39 is 0 Å². The highest BCUT2D eigenvalue weighted by Gasteiger charge is 2.64. The summed E-state index contributed by atoms with van der Waals surface area (Å²) >= 11 is 0. The van der Waals surface area contributed by atoms with Crippen LogP contribution in [0.3, 0.4) is 0 Å². The largest absolute Gasteiger partial charge is 0.313 e. The number of fused-ring (bicyclic) bond motifs is 5. The first kappa shape index (κ1) is 10.1. The van der Waals surface area contributed by atoms with Gasteiger partial charge in [-0.25, -0.2) is 0 Å². The number of benzene rings is 1. The van der Waals surface area contributed by atoms with Gasteiger partial charge in [-0.1, -0.05) is 30.3 Å². The zero-order valence-corrected chi connectivity index (χ0v) is 10.3. The number of rotatable bonds is 4. The molecule has 0 spiro atoms. The number of hydrogen-bond donors (Lipinski definition) is 1. The molecule has 1 N–H and O–H groups in total. The van der Waals surface area contributed by atoms with E-state index in [1.54, 1.807) is 6.42 Å². The van der Waals surface area contributed by atoms with Crippen molar-refractivity contribution < 1.29 is 0 Å². The van der Waals surface area contributed by atoms with Crippen molar-refractivity contribution in [3.63, 3.8) is 0 Å². The van der Waals surface area contributed by atoms with Gasteiger partial charge >= 0.3 is 0 Å². The highest BCUT2D eigenvalue weighted by Crippen LogP contribution is 2.65. The van der Waals surface area contributed by atoms with Crippen LogP contribution in [0, 0.1) is 23.7 Å². The summed E-state index contributed by atoms with van der Waals surface area (Å²) < 4.78 is 0. The van der Waals surface area contributed by atoms with Crippen LogP contribution in [-0.4, -0.2) is 12.6 Å². The van der Waals surface area contributed by atoms with Crippen molar-refractivity contribution in [2.45, 2.75) is 31.7 Å². The lowest BCUT2D eigenvalue weighted by Gasteiger charge is -2.10. The van der Waals surface area contributed by atoms with E-state index in [2.05, 4.69) is 35.6 Å². The third-order valence-electron chi connectivity index (χ3n) is 5.37. The smallest absolute Gasteiger partial charge is 0.0136 e. The van der Waals surface area contributed by atoms with Crippen LogP contribution in [0.15, 0.2) is 30.3 Å². The van der Waals surface area contributed by atoms with Gasteiger partial charge in [0.05, 0.1) is 0 Å². The maximum Gasteiger partial charge on any atom is 0.0136 e. The highest BCUT2D eigenvalue weighted by atomic mass is 15.0. The molecule has 3 aliphatic rings. The van der Waals surface area contributed by atoms with Crippen LogP contribution >= 0.6 is 0 Å². The monoisotopic (exact) mass is 227 g/mol. The lowest BCUT2D eigenvalue weighted by molar-refractivity contribution is 0.456. The van der Waals surface area contributed by atoms with Crippen molar-refractivity contribution in [2.24, 2.45) is 23.7 Å². The average molecular weight is 227 g/mol. The molecule has 90 valence electrons. The second kappa shape index (κ2) is 3.84. The van der Waals surface area contributed by atoms with Gasteiger partial charge in [-0.15, -0.1) is 0 Å². The fourth-order valence-electron chi connectivity index (χ4n) is 4.63. The first-order chi connectivity index (χ1) is 8.43. The third-order valence-corrected chi connectivity index (χ3v) is 5.37. The SMILES string of the molecule is c1ccc(CCNC2C3C4CCC(C4)C23)cc1. The van der Waals surface area contributed by atoms with E-state index in [-0.39, 0.29) is 0 Å². The van der Waals surface area contributed by atoms with Gasteiger partial charge in [0.2, 0.25) is 0 Å². The van der Waals surface area contributed by atoms with E-state index in [1.165, 1.54) is 31.4 Å². The Kier molecular flexibility index (Phi) is 2.29. The molecule has 3 saturated carbocycles. The Morgan fingerprint density at radius 3 is 2.41 bits per heavy atom. The van der Waals surface area contributed by atoms with Crippen LogP contribution in [0.5, 0.6) is 0 Å². The molecule has 4 unspecified atom stereocenters. The molecule has 0 amide bonds. The van der Waals surface area contributed by atoms with E-state index in [0.29, 0.717) is 0 Å². The highest BCUT2D eigenvalue weighted by molar-refractivity contribution is 5.18. The Balaban J connectivity index is 1.28. The molecule has 3 aliphatic carbocycles. The Hall–Kier alpha value is -0.820. The van der Waals surface area contributed by atoms with Gasteiger partial charge in [0.25, 0.3) is 0 Å². The third kappa shape index (κ3) is 1.63. The minimum absolute atomic E-state index is 0.893. The van der Waals surface area contributed by atoms with Crippen LogP contribution in [-0.2, 0) is 6.42 Å². The second-order valence-electron chi connectivity index (χ2n) is 6.20. The van der Waals surface area contributed by atoms with Crippen LogP contribution in [0.25, 0.3) is 0 Å². The van der Waals surface area contributed by atoms with Crippen molar-refractivity contribution in [2.75, 3.05) is 6.54 Å². The molecule has 17 heavy (non-hydrogen) atoms. The van der Waals surface area contributed by atoms with Crippen molar-refractivity contribution in [1.29, 1.82) is 0 Å². The lowest BCUT2D eigenvalue weighted by Crippen LogP contribution is -2.25. The Morgan fingerprint density at radius 1 is 1.00 bits per heavy atom. The fourth-order valence-corrected chi connectivity index (χ4v) is 4.63. The molecule has 1 aromatic carbocycles. The van der Waals surface area contributed by atoms with Crippen molar-refractivity contribution in [1.82, 2.24) is 5.32 Å². The molecule has 0 radical (unpaired) electrons. The van der Waals surface area contributed by atoms with E-state index in [0.717, 1.165) is 29.7 Å². The normalized spacial score (nSPS) is 41.5. The Bertz CT molecular complexity index is 383. The molecule has 1 aromatic rings. The lowest BCUT2D eigenvalue weighted by atomic mass is 10.0. The summed E-state index contributed by atoms with van der Waals surface area (Å²) in [5, 5.41) is 3.81. The molecule has 2 bridgehead atoms. The fraction of sp³-hybridized carbons (Fsp3) is 0.625. The van der Waals surface area contributed by atoms with Crippen molar-refractivity contribution >= 4 is 0 Å². The molecular formula is C16H21N. The zero-order chi connectivity index (χ0) is 11.2. The van der Waals surface area contributed by atoms with E-state index in [9.17, 15) is 0 Å². The van der Waals surface area contributed by atoms with Gasteiger partial charge < -0.3 is 5.32 Å². The number of hydrogen-bond acceptors (Lipinski definition) is 1. The minimum Gasteiger partial charge on any atom is -0.313 e. The molecule has 0 aromatic heterocycles. The van der Waals surface area contributed by atoms with Crippen molar-refractivity contribution in [3.05, 3.63) is 35.9 Å². The molecule has 0 aliphatic heterocycles. The minimum atomic E-state index is 0.893. The number of nitrogens with one attached hydrogen (secondary N) is 1. The topological polar surface area (TPSA) is 12.0 Å². The predicted octanol–water partition coefficient (Wildman–Crippen LogP) is 2.86. The summed E-state index contributed by atoms with van der Waals surface area (Å²) in [5.41, 5.74) is 1.47. The molecule has 4 rings (SSSR count). The molecule has 4 atom stereocenters. The Morgan fingerprint density at radius 2 is 1.71 bits per heavy atom. The van der Waals surface area contributed by atoms with E-state index in [4.69, 9.17) is 0 Å². The van der Waals surface area contributed by atoms with Gasteiger partial charge in [0.15, 0.2) is 0 Å². The van der Waals surface area contributed by atoms with Gasteiger partial charge in [0.1, 0.15) is 0 Å². The maximum atomic E-state index is 3.81. The Labute approximate surface area is 104 Å². The predicted molar refractivity (Wildman–Crippen MR) is 69.7 cm³/mol. The second-order valence-corrected chi connectivity index (χ2v) is 6.20. The van der Waals surface area contributed by atoms with Crippen LogP contribution in [0.1, 0.15) is 24.8 Å². The summed E-state index contributed by atoms with van der Waals surface area (Å²) in [6, 6.07) is 11.7. The zero-order valence-electron chi connectivity index (χ0n) is 10.3. The summed E-state index contributed by atoms with van der Waals surface area (Å²) in [6.07, 6.45) is 5.81.